The number of fused-ring (bicyclic) bond motifs is 2. The fourth-order valence-corrected chi connectivity index (χ4v) is 4.04. The molecule has 1 aliphatic rings. The smallest absolute Gasteiger partial charge is 0.265 e. The molecule has 1 N–H and O–H groups in total. The van der Waals surface area contributed by atoms with Crippen LogP contribution >= 0.6 is 22.9 Å². The molecule has 1 aliphatic heterocycles. The summed E-state index contributed by atoms with van der Waals surface area (Å²) in [5.74, 6) is -0.996. The zero-order chi connectivity index (χ0) is 17.7. The minimum Gasteiger partial charge on any atom is -0.321 e. The van der Waals surface area contributed by atoms with Crippen molar-refractivity contribution in [3.8, 4) is 0 Å². The second-order valence-electron chi connectivity index (χ2n) is 5.65. The summed E-state index contributed by atoms with van der Waals surface area (Å²) in [6.45, 7) is 0. The lowest BCUT2D eigenvalue weighted by Gasteiger charge is -2.04. The predicted octanol–water partition coefficient (Wildman–Crippen LogP) is 4.03. The molecule has 2 heterocycles. The van der Waals surface area contributed by atoms with Gasteiger partial charge in [0.05, 0.1) is 16.0 Å². The van der Waals surface area contributed by atoms with Gasteiger partial charge in [0.2, 0.25) is 0 Å². The quantitative estimate of drug-likeness (QED) is 0.692. The molecule has 0 bridgehead atoms. The molecule has 0 aliphatic carbocycles. The molecule has 1 aromatic heterocycles. The van der Waals surface area contributed by atoms with Gasteiger partial charge in [0, 0.05) is 27.8 Å². The molecule has 0 spiro atoms. The first kappa shape index (κ1) is 15.8. The maximum absolute atomic E-state index is 12.5. The van der Waals surface area contributed by atoms with Crippen molar-refractivity contribution >= 4 is 56.4 Å². The van der Waals surface area contributed by atoms with Crippen molar-refractivity contribution in [1.29, 1.82) is 0 Å². The average molecular weight is 371 g/mol. The van der Waals surface area contributed by atoms with Gasteiger partial charge in [-0.1, -0.05) is 17.7 Å². The molecular formula is C18H11ClN2O3S. The first-order chi connectivity index (χ1) is 12.0. The molecular weight excluding hydrogens is 360 g/mol. The van der Waals surface area contributed by atoms with E-state index in [4.69, 9.17) is 11.6 Å². The SMILES string of the molecule is CN1C(=O)c2ccc(NC(=O)c3cc4c(Cl)cccc4s3)cc2C1=O. The van der Waals surface area contributed by atoms with E-state index in [9.17, 15) is 14.4 Å². The first-order valence-corrected chi connectivity index (χ1v) is 8.61. The zero-order valence-electron chi connectivity index (χ0n) is 13.0. The zero-order valence-corrected chi connectivity index (χ0v) is 14.6. The molecule has 7 heteroatoms. The number of hydrogen-bond acceptors (Lipinski definition) is 4. The van der Waals surface area contributed by atoms with Gasteiger partial charge in [-0.25, -0.2) is 0 Å². The largest absolute Gasteiger partial charge is 0.321 e. The van der Waals surface area contributed by atoms with Crippen LogP contribution in [-0.2, 0) is 0 Å². The van der Waals surface area contributed by atoms with Crippen LogP contribution in [0.1, 0.15) is 30.4 Å². The number of carbonyl (C=O) groups excluding carboxylic acids is 3. The highest BCUT2D eigenvalue weighted by Gasteiger charge is 2.32. The average Bonchev–Trinajstić information content (AvgIpc) is 3.13. The Morgan fingerprint density at radius 3 is 2.60 bits per heavy atom. The third-order valence-corrected chi connectivity index (χ3v) is 5.51. The molecule has 0 saturated carbocycles. The number of carbonyl (C=O) groups is 3. The van der Waals surface area contributed by atoms with E-state index in [-0.39, 0.29) is 17.7 Å². The summed E-state index contributed by atoms with van der Waals surface area (Å²) in [4.78, 5) is 38.0. The highest BCUT2D eigenvalue weighted by atomic mass is 35.5. The summed E-state index contributed by atoms with van der Waals surface area (Å²) in [6.07, 6.45) is 0. The Kier molecular flexibility index (Phi) is 3.59. The number of nitrogens with zero attached hydrogens (tertiary/aromatic N) is 1. The monoisotopic (exact) mass is 370 g/mol. The van der Waals surface area contributed by atoms with E-state index in [0.717, 1.165) is 15.0 Å². The summed E-state index contributed by atoms with van der Waals surface area (Å²) in [7, 11) is 1.43. The summed E-state index contributed by atoms with van der Waals surface area (Å²) >= 11 is 7.48. The number of thiophene rings is 1. The van der Waals surface area contributed by atoms with Crippen LogP contribution in [0, 0.1) is 0 Å². The molecule has 0 radical (unpaired) electrons. The van der Waals surface area contributed by atoms with Gasteiger partial charge in [-0.05, 0) is 36.4 Å². The number of rotatable bonds is 2. The molecule has 0 atom stereocenters. The van der Waals surface area contributed by atoms with Gasteiger partial charge >= 0.3 is 0 Å². The Balaban J connectivity index is 1.64. The lowest BCUT2D eigenvalue weighted by atomic mass is 10.1. The molecule has 4 rings (SSSR count). The second-order valence-corrected chi connectivity index (χ2v) is 7.14. The van der Waals surface area contributed by atoms with Crippen LogP contribution in [0.15, 0.2) is 42.5 Å². The Bertz CT molecular complexity index is 1070. The van der Waals surface area contributed by atoms with Gasteiger partial charge in [0.25, 0.3) is 17.7 Å². The highest BCUT2D eigenvalue weighted by Crippen LogP contribution is 2.32. The van der Waals surface area contributed by atoms with Crippen molar-refractivity contribution in [3.05, 3.63) is 63.5 Å². The highest BCUT2D eigenvalue weighted by molar-refractivity contribution is 7.21. The fourth-order valence-electron chi connectivity index (χ4n) is 2.77. The Morgan fingerprint density at radius 1 is 1.08 bits per heavy atom. The Hall–Kier alpha value is -2.70. The molecule has 2 aromatic carbocycles. The summed E-state index contributed by atoms with van der Waals surface area (Å²) in [5, 5.41) is 4.19. The number of hydrogen-bond donors (Lipinski definition) is 1. The van der Waals surface area contributed by atoms with Crippen LogP contribution in [0.25, 0.3) is 10.1 Å². The van der Waals surface area contributed by atoms with Crippen molar-refractivity contribution in [2.75, 3.05) is 12.4 Å². The van der Waals surface area contributed by atoms with E-state index >= 15 is 0 Å². The van der Waals surface area contributed by atoms with Gasteiger partial charge in [0.1, 0.15) is 0 Å². The van der Waals surface area contributed by atoms with Crippen molar-refractivity contribution in [2.45, 2.75) is 0 Å². The summed E-state index contributed by atoms with van der Waals surface area (Å²) < 4.78 is 0.925. The van der Waals surface area contributed by atoms with Gasteiger partial charge < -0.3 is 5.32 Å². The topological polar surface area (TPSA) is 66.5 Å². The van der Waals surface area contributed by atoms with E-state index in [1.807, 2.05) is 12.1 Å². The predicted molar refractivity (Wildman–Crippen MR) is 97.7 cm³/mol. The standard InChI is InChI=1S/C18H11ClN2O3S/c1-21-17(23)10-6-5-9(7-11(10)18(21)24)20-16(22)15-8-12-13(19)3-2-4-14(12)25-15/h2-8H,1H3,(H,20,22). The number of benzene rings is 2. The lowest BCUT2D eigenvalue weighted by Crippen LogP contribution is -2.24. The van der Waals surface area contributed by atoms with Crippen molar-refractivity contribution in [3.63, 3.8) is 0 Å². The van der Waals surface area contributed by atoms with E-state index in [1.165, 1.54) is 24.5 Å². The maximum Gasteiger partial charge on any atom is 0.265 e. The van der Waals surface area contributed by atoms with Gasteiger partial charge in [-0.3, -0.25) is 19.3 Å². The first-order valence-electron chi connectivity index (χ1n) is 7.41. The molecule has 5 nitrogen and oxygen atoms in total. The molecule has 0 saturated heterocycles. The number of amides is 3. The van der Waals surface area contributed by atoms with Crippen LogP contribution in [0.3, 0.4) is 0 Å². The minimum atomic E-state index is -0.371. The van der Waals surface area contributed by atoms with Crippen LogP contribution in [-0.4, -0.2) is 29.7 Å². The van der Waals surface area contributed by atoms with Crippen LogP contribution < -0.4 is 5.32 Å². The Morgan fingerprint density at radius 2 is 1.84 bits per heavy atom. The third kappa shape index (κ3) is 2.50. The minimum absolute atomic E-state index is 0.289. The van der Waals surface area contributed by atoms with E-state index in [1.54, 1.807) is 24.3 Å². The maximum atomic E-state index is 12.5. The van der Waals surface area contributed by atoms with Gasteiger partial charge in [-0.2, -0.15) is 0 Å². The second kappa shape index (κ2) is 5.68. The van der Waals surface area contributed by atoms with Crippen molar-refractivity contribution in [1.82, 2.24) is 4.90 Å². The van der Waals surface area contributed by atoms with Crippen molar-refractivity contribution in [2.24, 2.45) is 0 Å². The van der Waals surface area contributed by atoms with E-state index < -0.39 is 0 Å². The summed E-state index contributed by atoms with van der Waals surface area (Å²) in [5.41, 5.74) is 1.10. The number of halogens is 1. The van der Waals surface area contributed by atoms with Gasteiger partial charge in [0.15, 0.2) is 0 Å². The molecule has 3 amide bonds. The number of nitrogens with one attached hydrogen (secondary N) is 1. The van der Waals surface area contributed by atoms with Gasteiger partial charge in [-0.15, -0.1) is 11.3 Å². The van der Waals surface area contributed by atoms with E-state index in [2.05, 4.69) is 5.32 Å². The van der Waals surface area contributed by atoms with Crippen LogP contribution in [0.2, 0.25) is 5.02 Å². The van der Waals surface area contributed by atoms with E-state index in [0.29, 0.717) is 26.7 Å². The summed E-state index contributed by atoms with van der Waals surface area (Å²) in [6, 6.07) is 11.9. The third-order valence-electron chi connectivity index (χ3n) is 4.08. The molecule has 3 aromatic rings. The molecule has 0 unspecified atom stereocenters. The van der Waals surface area contributed by atoms with Crippen LogP contribution in [0.5, 0.6) is 0 Å². The van der Waals surface area contributed by atoms with Crippen molar-refractivity contribution < 1.29 is 14.4 Å². The normalized spacial score (nSPS) is 13.4. The fraction of sp³-hybridized carbons (Fsp3) is 0.0556. The lowest BCUT2D eigenvalue weighted by molar-refractivity contribution is 0.0692. The molecule has 25 heavy (non-hydrogen) atoms. The Labute approximate surface area is 151 Å². The van der Waals surface area contributed by atoms with Crippen LogP contribution in [0.4, 0.5) is 5.69 Å². The number of imide groups is 1. The molecule has 0 fully saturated rings. The number of anilines is 1. The molecule has 124 valence electrons.